The first-order chi connectivity index (χ1) is 11.2. The Bertz CT molecular complexity index is 559. The maximum atomic E-state index is 13.1. The van der Waals surface area contributed by atoms with Gasteiger partial charge in [0.05, 0.1) is 5.57 Å². The Balaban J connectivity index is 1.72. The second-order valence-electron chi connectivity index (χ2n) is 7.44. The minimum atomic E-state index is -4.33. The van der Waals surface area contributed by atoms with E-state index in [1.165, 1.54) is 18.9 Å². The van der Waals surface area contributed by atoms with Gasteiger partial charge in [0.25, 0.3) is 0 Å². The van der Waals surface area contributed by atoms with Crippen LogP contribution in [0.4, 0.5) is 13.2 Å². The molecule has 1 spiro atoms. The molecule has 3 aliphatic heterocycles. The minimum absolute atomic E-state index is 0.385. The molecule has 0 atom stereocenters. The van der Waals surface area contributed by atoms with Gasteiger partial charge in [0.1, 0.15) is 5.82 Å². The summed E-state index contributed by atoms with van der Waals surface area (Å²) in [6.45, 7) is 7.66. The van der Waals surface area contributed by atoms with Crippen molar-refractivity contribution in [3.05, 3.63) is 35.8 Å². The van der Waals surface area contributed by atoms with Gasteiger partial charge in [-0.2, -0.15) is 13.2 Å². The number of alkyl halides is 3. The summed E-state index contributed by atoms with van der Waals surface area (Å²) in [7, 11) is 3.94. The number of hydrogen-bond acceptors (Lipinski definition) is 3. The van der Waals surface area contributed by atoms with Gasteiger partial charge in [-0.25, -0.2) is 0 Å². The summed E-state index contributed by atoms with van der Waals surface area (Å²) in [5.41, 5.74) is 0.163. The predicted octanol–water partition coefficient (Wildman–Crippen LogP) is 3.58. The molecule has 0 N–H and O–H groups in total. The second kappa shape index (κ2) is 6.14. The van der Waals surface area contributed by atoms with Crippen LogP contribution in [-0.2, 0) is 0 Å². The number of likely N-dealkylation sites (N-methyl/N-ethyl adjacent to an activating group) is 1. The second-order valence-corrected chi connectivity index (χ2v) is 7.44. The number of hydrogen-bond donors (Lipinski definition) is 0. The van der Waals surface area contributed by atoms with Gasteiger partial charge in [-0.3, -0.25) is 0 Å². The van der Waals surface area contributed by atoms with Gasteiger partial charge in [0.2, 0.25) is 0 Å². The molecule has 0 aromatic carbocycles. The predicted molar refractivity (Wildman–Crippen MR) is 89.1 cm³/mol. The maximum Gasteiger partial charge on any atom is 0.416 e. The Morgan fingerprint density at radius 1 is 0.958 bits per heavy atom. The lowest BCUT2D eigenvalue weighted by Gasteiger charge is -2.48. The largest absolute Gasteiger partial charge is 0.416 e. The van der Waals surface area contributed by atoms with E-state index < -0.39 is 11.7 Å². The molecule has 3 rings (SSSR count). The van der Waals surface area contributed by atoms with Gasteiger partial charge in [0.15, 0.2) is 0 Å². The fourth-order valence-corrected chi connectivity index (χ4v) is 3.97. The fraction of sp³-hybridized carbons (Fsp3) is 0.667. The van der Waals surface area contributed by atoms with Crippen LogP contribution in [0.15, 0.2) is 35.8 Å². The smallest absolute Gasteiger partial charge is 0.358 e. The molecule has 2 fully saturated rings. The van der Waals surface area contributed by atoms with Crippen molar-refractivity contribution in [3.63, 3.8) is 0 Å². The standard InChI is InChI=1S/C18H26F3N3/c1-14-12-15(18(19,20)21)13-16(23(14)3)24-10-6-17(7-11-24)4-8-22(2)9-5-17/h12-13H,1,4-11H2,2-3H3. The molecule has 0 aromatic rings. The Morgan fingerprint density at radius 3 is 2.04 bits per heavy atom. The molecule has 0 saturated carbocycles. The average molecular weight is 341 g/mol. The molecule has 3 heterocycles. The fourth-order valence-electron chi connectivity index (χ4n) is 3.97. The number of likely N-dealkylation sites (tertiary alicyclic amines) is 2. The van der Waals surface area contributed by atoms with Crippen LogP contribution in [-0.4, -0.2) is 61.2 Å². The molecule has 0 amide bonds. The van der Waals surface area contributed by atoms with Crippen molar-refractivity contribution >= 4 is 0 Å². The summed E-state index contributed by atoms with van der Waals surface area (Å²) in [6.07, 6.45) is 2.57. The normalized spacial score (nSPS) is 25.8. The van der Waals surface area contributed by atoms with E-state index in [0.29, 0.717) is 16.9 Å². The minimum Gasteiger partial charge on any atom is -0.358 e. The third-order valence-corrected chi connectivity index (χ3v) is 5.90. The van der Waals surface area contributed by atoms with E-state index in [9.17, 15) is 13.2 Å². The zero-order chi connectivity index (χ0) is 17.5. The molecule has 0 unspecified atom stereocenters. The van der Waals surface area contributed by atoms with Gasteiger partial charge < -0.3 is 14.7 Å². The Morgan fingerprint density at radius 2 is 1.50 bits per heavy atom. The number of rotatable bonds is 1. The van der Waals surface area contributed by atoms with E-state index in [1.807, 2.05) is 0 Å². The van der Waals surface area contributed by atoms with Crippen LogP contribution in [0.1, 0.15) is 25.7 Å². The van der Waals surface area contributed by atoms with E-state index >= 15 is 0 Å². The Kier molecular flexibility index (Phi) is 4.45. The highest BCUT2D eigenvalue weighted by molar-refractivity contribution is 5.39. The van der Waals surface area contributed by atoms with Gasteiger partial charge >= 0.3 is 6.18 Å². The molecule has 0 aliphatic carbocycles. The van der Waals surface area contributed by atoms with Gasteiger partial charge in [-0.05, 0) is 63.4 Å². The highest BCUT2D eigenvalue weighted by atomic mass is 19.4. The van der Waals surface area contributed by atoms with Crippen molar-refractivity contribution in [2.24, 2.45) is 5.41 Å². The quantitative estimate of drug-likeness (QED) is 0.722. The van der Waals surface area contributed by atoms with Crippen LogP contribution in [0.2, 0.25) is 0 Å². The van der Waals surface area contributed by atoms with E-state index in [-0.39, 0.29) is 0 Å². The van der Waals surface area contributed by atoms with Crippen LogP contribution in [0.25, 0.3) is 0 Å². The van der Waals surface area contributed by atoms with E-state index in [1.54, 1.807) is 11.9 Å². The van der Waals surface area contributed by atoms with Crippen LogP contribution < -0.4 is 0 Å². The van der Waals surface area contributed by atoms with Gasteiger partial charge in [-0.15, -0.1) is 0 Å². The molecular weight excluding hydrogens is 315 g/mol. The number of halogens is 3. The van der Waals surface area contributed by atoms with Crippen LogP contribution in [0.5, 0.6) is 0 Å². The number of nitrogens with zero attached hydrogens (tertiary/aromatic N) is 3. The van der Waals surface area contributed by atoms with Crippen molar-refractivity contribution in [2.75, 3.05) is 40.3 Å². The molecule has 0 aromatic heterocycles. The topological polar surface area (TPSA) is 9.72 Å². The lowest BCUT2D eigenvalue weighted by Crippen LogP contribution is -2.47. The summed E-state index contributed by atoms with van der Waals surface area (Å²) in [6, 6.07) is 0. The molecule has 0 bridgehead atoms. The van der Waals surface area contributed by atoms with Crippen molar-refractivity contribution in [2.45, 2.75) is 31.9 Å². The first-order valence-corrected chi connectivity index (χ1v) is 8.57. The molecule has 0 radical (unpaired) electrons. The van der Waals surface area contributed by atoms with Crippen LogP contribution >= 0.6 is 0 Å². The summed E-state index contributed by atoms with van der Waals surface area (Å²) in [4.78, 5) is 6.22. The monoisotopic (exact) mass is 341 g/mol. The lowest BCUT2D eigenvalue weighted by molar-refractivity contribution is -0.0890. The Labute approximate surface area is 142 Å². The molecule has 134 valence electrons. The average Bonchev–Trinajstić information content (AvgIpc) is 2.53. The molecule has 2 saturated heterocycles. The Hall–Kier alpha value is -1.43. The van der Waals surface area contributed by atoms with Gasteiger partial charge in [0, 0.05) is 25.8 Å². The van der Waals surface area contributed by atoms with Crippen molar-refractivity contribution in [3.8, 4) is 0 Å². The highest BCUT2D eigenvalue weighted by Gasteiger charge is 2.40. The van der Waals surface area contributed by atoms with Crippen LogP contribution in [0, 0.1) is 5.41 Å². The molecule has 3 nitrogen and oxygen atoms in total. The van der Waals surface area contributed by atoms with E-state index in [2.05, 4.69) is 23.4 Å². The summed E-state index contributed by atoms with van der Waals surface area (Å²) in [5, 5.41) is 0. The third kappa shape index (κ3) is 3.34. The lowest BCUT2D eigenvalue weighted by atomic mass is 9.71. The molecule has 6 heteroatoms. The van der Waals surface area contributed by atoms with Crippen molar-refractivity contribution in [1.82, 2.24) is 14.7 Å². The third-order valence-electron chi connectivity index (χ3n) is 5.90. The summed E-state index contributed by atoms with van der Waals surface area (Å²) in [5.74, 6) is 0.623. The van der Waals surface area contributed by atoms with Crippen LogP contribution in [0.3, 0.4) is 0 Å². The first-order valence-electron chi connectivity index (χ1n) is 8.57. The molecule has 3 aliphatic rings. The number of piperidine rings is 2. The van der Waals surface area contributed by atoms with Crippen molar-refractivity contribution in [1.29, 1.82) is 0 Å². The van der Waals surface area contributed by atoms with Crippen molar-refractivity contribution < 1.29 is 13.2 Å². The molecular formula is C18H26F3N3. The summed E-state index contributed by atoms with van der Waals surface area (Å²) < 4.78 is 39.3. The maximum absolute atomic E-state index is 13.1. The first kappa shape index (κ1) is 17.4. The van der Waals surface area contributed by atoms with Gasteiger partial charge in [-0.1, -0.05) is 6.58 Å². The highest BCUT2D eigenvalue weighted by Crippen LogP contribution is 2.43. The molecule has 24 heavy (non-hydrogen) atoms. The zero-order valence-electron chi connectivity index (χ0n) is 14.5. The summed E-state index contributed by atoms with van der Waals surface area (Å²) >= 11 is 0. The number of allylic oxidation sites excluding steroid dienone is 3. The van der Waals surface area contributed by atoms with E-state index in [0.717, 1.165) is 45.1 Å². The van der Waals surface area contributed by atoms with E-state index in [4.69, 9.17) is 0 Å². The SMILES string of the molecule is C=C1C=C(C(F)(F)F)C=C(N2CCC3(CCN(C)CC3)CC2)N1C. The zero-order valence-corrected chi connectivity index (χ0v) is 14.5.